The van der Waals surface area contributed by atoms with Crippen molar-refractivity contribution in [3.8, 4) is 0 Å². The molecule has 6 heteroatoms. The second kappa shape index (κ2) is 8.80. The number of rotatable bonds is 8. The van der Waals surface area contributed by atoms with E-state index in [1.54, 1.807) is 6.92 Å². The van der Waals surface area contributed by atoms with Crippen LogP contribution in [0.5, 0.6) is 0 Å². The lowest BCUT2D eigenvalue weighted by atomic mass is 9.75. The van der Waals surface area contributed by atoms with Crippen LogP contribution in [0.15, 0.2) is 11.8 Å². The quantitative estimate of drug-likeness (QED) is 0.434. The van der Waals surface area contributed by atoms with Gasteiger partial charge in [-0.1, -0.05) is 41.5 Å². The SMILES string of the molecule is CCOC(=O)C[C@H]1CC(O[Si](C(C)C)(C(C)C)C(C)C)=C[C@@H]2COC(=O)[C@H]12. The molecule has 1 heterocycles. The van der Waals surface area contributed by atoms with E-state index in [4.69, 9.17) is 13.9 Å². The topological polar surface area (TPSA) is 61.8 Å². The molecule has 1 saturated heterocycles. The molecule has 0 bridgehead atoms. The Kier molecular flexibility index (Phi) is 7.17. The summed E-state index contributed by atoms with van der Waals surface area (Å²) in [6.45, 7) is 16.1. The molecule has 5 nitrogen and oxygen atoms in total. The number of hydrogen-bond acceptors (Lipinski definition) is 5. The standard InChI is InChI=1S/C21H36O5Si/c1-8-24-19(22)11-16-9-18(10-17-12-25-21(23)20(16)17)26-27(13(2)3,14(4)5)15(6)7/h10,13-17,20H,8-9,11-12H2,1-7H3/t16-,17-,20-/m1/s1. The van der Waals surface area contributed by atoms with E-state index in [1.807, 2.05) is 0 Å². The number of ether oxygens (including phenoxy) is 2. The Morgan fingerprint density at radius 3 is 2.30 bits per heavy atom. The summed E-state index contributed by atoms with van der Waals surface area (Å²) in [6, 6.07) is 0. The number of hydrogen-bond donors (Lipinski definition) is 0. The minimum atomic E-state index is -2.07. The lowest BCUT2D eigenvalue weighted by Gasteiger charge is -2.44. The van der Waals surface area contributed by atoms with E-state index >= 15 is 0 Å². The molecule has 0 aromatic rings. The Balaban J connectivity index is 2.29. The van der Waals surface area contributed by atoms with Gasteiger partial charge in [0.15, 0.2) is 0 Å². The van der Waals surface area contributed by atoms with Crippen molar-refractivity contribution in [1.82, 2.24) is 0 Å². The van der Waals surface area contributed by atoms with Gasteiger partial charge >= 0.3 is 11.9 Å². The largest absolute Gasteiger partial charge is 0.546 e. The Labute approximate surface area is 165 Å². The van der Waals surface area contributed by atoms with Crippen molar-refractivity contribution in [3.63, 3.8) is 0 Å². The van der Waals surface area contributed by atoms with Crippen molar-refractivity contribution in [3.05, 3.63) is 11.8 Å². The van der Waals surface area contributed by atoms with Crippen LogP contribution in [0.2, 0.25) is 16.6 Å². The molecular weight excluding hydrogens is 360 g/mol. The van der Waals surface area contributed by atoms with Crippen LogP contribution in [-0.4, -0.2) is 33.5 Å². The monoisotopic (exact) mass is 396 g/mol. The molecule has 2 aliphatic rings. The normalized spacial score (nSPS) is 25.5. The predicted octanol–water partition coefficient (Wildman–Crippen LogP) is 4.82. The first-order valence-corrected chi connectivity index (χ1v) is 12.5. The summed E-state index contributed by atoms with van der Waals surface area (Å²) in [4.78, 5) is 24.3. The van der Waals surface area contributed by atoms with E-state index in [0.717, 1.165) is 5.76 Å². The first-order chi connectivity index (χ1) is 12.6. The predicted molar refractivity (Wildman–Crippen MR) is 108 cm³/mol. The second-order valence-corrected chi connectivity index (χ2v) is 14.2. The van der Waals surface area contributed by atoms with Crippen molar-refractivity contribution in [2.24, 2.45) is 17.8 Å². The summed E-state index contributed by atoms with van der Waals surface area (Å²) in [6.07, 6.45) is 2.95. The zero-order valence-corrected chi connectivity index (χ0v) is 18.9. The van der Waals surface area contributed by atoms with Crippen molar-refractivity contribution in [1.29, 1.82) is 0 Å². The second-order valence-electron chi connectivity index (χ2n) is 8.85. The van der Waals surface area contributed by atoms with Crippen LogP contribution in [-0.2, 0) is 23.5 Å². The average Bonchev–Trinajstić information content (AvgIpc) is 2.93. The van der Waals surface area contributed by atoms with Gasteiger partial charge in [0, 0.05) is 18.8 Å². The molecule has 27 heavy (non-hydrogen) atoms. The first kappa shape index (κ1) is 22.0. The van der Waals surface area contributed by atoms with Gasteiger partial charge in [-0.3, -0.25) is 9.59 Å². The highest BCUT2D eigenvalue weighted by molar-refractivity contribution is 6.77. The highest BCUT2D eigenvalue weighted by atomic mass is 28.4. The summed E-state index contributed by atoms with van der Waals surface area (Å²) in [7, 11) is -2.07. The highest BCUT2D eigenvalue weighted by Crippen LogP contribution is 2.47. The van der Waals surface area contributed by atoms with Crippen LogP contribution < -0.4 is 0 Å². The Hall–Kier alpha value is -1.30. The maximum atomic E-state index is 12.2. The molecule has 0 saturated carbocycles. The first-order valence-electron chi connectivity index (χ1n) is 10.3. The number of fused-ring (bicyclic) bond motifs is 1. The third kappa shape index (κ3) is 4.41. The van der Waals surface area contributed by atoms with Crippen molar-refractivity contribution in [2.45, 2.75) is 77.9 Å². The van der Waals surface area contributed by atoms with Crippen LogP contribution in [0.4, 0.5) is 0 Å². The van der Waals surface area contributed by atoms with Gasteiger partial charge in [0.25, 0.3) is 8.32 Å². The summed E-state index contributed by atoms with van der Waals surface area (Å²) in [5.74, 6) is 0.148. The zero-order valence-electron chi connectivity index (χ0n) is 17.9. The van der Waals surface area contributed by atoms with Crippen LogP contribution in [0.3, 0.4) is 0 Å². The van der Waals surface area contributed by atoms with Gasteiger partial charge < -0.3 is 13.9 Å². The maximum absolute atomic E-state index is 12.2. The molecule has 1 aliphatic carbocycles. The molecule has 1 fully saturated rings. The van der Waals surface area contributed by atoms with Crippen LogP contribution in [0.25, 0.3) is 0 Å². The minimum absolute atomic E-state index is 0.00105. The summed E-state index contributed by atoms with van der Waals surface area (Å²) in [5.41, 5.74) is 1.42. The number of allylic oxidation sites excluding steroid dienone is 1. The molecule has 2 rings (SSSR count). The number of esters is 2. The molecule has 0 spiro atoms. The Bertz CT molecular complexity index is 559. The van der Waals surface area contributed by atoms with Crippen molar-refractivity contribution < 1.29 is 23.5 Å². The fourth-order valence-electron chi connectivity index (χ4n) is 5.23. The van der Waals surface area contributed by atoms with Gasteiger partial charge in [0.2, 0.25) is 0 Å². The van der Waals surface area contributed by atoms with E-state index in [9.17, 15) is 9.59 Å². The van der Waals surface area contributed by atoms with E-state index < -0.39 is 8.32 Å². The highest BCUT2D eigenvalue weighted by Gasteiger charge is 2.50. The molecule has 1 aliphatic heterocycles. The Morgan fingerprint density at radius 2 is 1.78 bits per heavy atom. The van der Waals surface area contributed by atoms with Crippen molar-refractivity contribution in [2.75, 3.05) is 13.2 Å². The minimum Gasteiger partial charge on any atom is -0.546 e. The smallest absolute Gasteiger partial charge is 0.309 e. The number of carbonyl (C=O) groups excluding carboxylic acids is 2. The average molecular weight is 397 g/mol. The van der Waals surface area contributed by atoms with E-state index in [1.165, 1.54) is 0 Å². The number of cyclic esters (lactones) is 1. The van der Waals surface area contributed by atoms with Crippen LogP contribution >= 0.6 is 0 Å². The van der Waals surface area contributed by atoms with Crippen LogP contribution in [0, 0.1) is 17.8 Å². The molecular formula is C21H36O5Si. The van der Waals surface area contributed by atoms with E-state index in [0.29, 0.717) is 36.3 Å². The molecule has 3 atom stereocenters. The van der Waals surface area contributed by atoms with E-state index in [-0.39, 0.29) is 36.1 Å². The lowest BCUT2D eigenvalue weighted by molar-refractivity contribution is -0.147. The van der Waals surface area contributed by atoms with Gasteiger partial charge in [-0.2, -0.15) is 0 Å². The molecule has 0 aromatic carbocycles. The number of carbonyl (C=O) groups is 2. The molecule has 0 aromatic heterocycles. The summed E-state index contributed by atoms with van der Waals surface area (Å²) in [5, 5.41) is 0. The van der Waals surface area contributed by atoms with Gasteiger partial charge in [-0.25, -0.2) is 0 Å². The molecule has 0 unspecified atom stereocenters. The molecule has 0 N–H and O–H groups in total. The van der Waals surface area contributed by atoms with Crippen LogP contribution in [0.1, 0.15) is 61.3 Å². The molecule has 0 amide bonds. The lowest BCUT2D eigenvalue weighted by Crippen LogP contribution is -2.48. The fraction of sp³-hybridized carbons (Fsp3) is 0.810. The molecule has 0 radical (unpaired) electrons. The summed E-state index contributed by atoms with van der Waals surface area (Å²) >= 11 is 0. The van der Waals surface area contributed by atoms with E-state index in [2.05, 4.69) is 47.6 Å². The van der Waals surface area contributed by atoms with Gasteiger partial charge in [-0.15, -0.1) is 0 Å². The van der Waals surface area contributed by atoms with Gasteiger partial charge in [0.05, 0.1) is 24.9 Å². The third-order valence-electron chi connectivity index (χ3n) is 6.27. The van der Waals surface area contributed by atoms with Gasteiger partial charge in [0.1, 0.15) is 0 Å². The maximum Gasteiger partial charge on any atom is 0.309 e. The van der Waals surface area contributed by atoms with Gasteiger partial charge in [-0.05, 0) is 35.5 Å². The molecule has 154 valence electrons. The fourth-order valence-corrected chi connectivity index (χ4v) is 10.5. The zero-order chi connectivity index (χ0) is 20.4. The Morgan fingerprint density at radius 1 is 1.19 bits per heavy atom. The third-order valence-corrected chi connectivity index (χ3v) is 12.3. The summed E-state index contributed by atoms with van der Waals surface area (Å²) < 4.78 is 17.3. The van der Waals surface area contributed by atoms with Crippen molar-refractivity contribution >= 4 is 20.3 Å².